The van der Waals surface area contributed by atoms with E-state index in [0.717, 1.165) is 28.7 Å². The monoisotopic (exact) mass is 378 g/mol. The minimum atomic E-state index is 0.289. The molecule has 2 rings (SSSR count). The van der Waals surface area contributed by atoms with Gasteiger partial charge in [-0.1, -0.05) is 26.2 Å². The van der Waals surface area contributed by atoms with Crippen LogP contribution in [0.25, 0.3) is 11.0 Å². The topological polar surface area (TPSA) is 66.0 Å². The largest absolute Gasteiger partial charge is 0.383 e. The van der Waals surface area contributed by atoms with E-state index in [9.17, 15) is 0 Å². The van der Waals surface area contributed by atoms with Crippen molar-refractivity contribution in [2.75, 3.05) is 31.0 Å². The van der Waals surface area contributed by atoms with E-state index in [1.165, 1.54) is 43.6 Å². The van der Waals surface area contributed by atoms with Gasteiger partial charge in [-0.05, 0) is 50.2 Å². The lowest BCUT2D eigenvalue weighted by molar-refractivity contribution is 0.151. The number of thioether (sulfide) groups is 1. The molecule has 0 bridgehead atoms. The van der Waals surface area contributed by atoms with Crippen molar-refractivity contribution in [2.24, 2.45) is 0 Å². The van der Waals surface area contributed by atoms with Crippen molar-refractivity contribution in [3.05, 3.63) is 17.6 Å². The summed E-state index contributed by atoms with van der Waals surface area (Å²) in [5.41, 5.74) is 10.1. The van der Waals surface area contributed by atoms with Crippen LogP contribution in [0.2, 0.25) is 0 Å². The Morgan fingerprint density at radius 2 is 1.96 bits per heavy atom. The molecule has 0 saturated heterocycles. The molecule has 1 atom stereocenters. The van der Waals surface area contributed by atoms with Gasteiger partial charge in [0, 0.05) is 12.8 Å². The molecule has 146 valence electrons. The summed E-state index contributed by atoms with van der Waals surface area (Å²) >= 11 is 2.09. The molecule has 2 N–H and O–H groups in total. The van der Waals surface area contributed by atoms with Crippen LogP contribution in [0.1, 0.15) is 62.7 Å². The Kier molecular flexibility index (Phi) is 8.72. The number of aromatic nitrogens is 3. The number of nitrogens with two attached hydrogens (primary N) is 1. The van der Waals surface area contributed by atoms with Gasteiger partial charge in [0.15, 0.2) is 5.82 Å². The molecule has 26 heavy (non-hydrogen) atoms. The minimum absolute atomic E-state index is 0.289. The van der Waals surface area contributed by atoms with Crippen LogP contribution in [0.3, 0.4) is 0 Å². The Labute approximate surface area is 162 Å². The number of hydrogen-bond donors (Lipinski definition) is 1. The second-order valence-electron chi connectivity index (χ2n) is 6.98. The van der Waals surface area contributed by atoms with Gasteiger partial charge in [0.25, 0.3) is 0 Å². The van der Waals surface area contributed by atoms with Crippen LogP contribution in [0.15, 0.2) is 6.33 Å². The normalized spacial score (nSPS) is 12.8. The number of rotatable bonds is 12. The molecule has 0 aliphatic carbocycles. The summed E-state index contributed by atoms with van der Waals surface area (Å²) in [6.45, 7) is 7.05. The molecule has 0 aliphatic rings. The summed E-state index contributed by atoms with van der Waals surface area (Å²) in [6.07, 6.45) is 9.41. The van der Waals surface area contributed by atoms with Crippen LogP contribution < -0.4 is 5.73 Å². The van der Waals surface area contributed by atoms with Crippen molar-refractivity contribution in [1.82, 2.24) is 14.5 Å². The highest BCUT2D eigenvalue weighted by atomic mass is 32.2. The zero-order chi connectivity index (χ0) is 18.9. The van der Waals surface area contributed by atoms with E-state index in [0.29, 0.717) is 12.4 Å². The van der Waals surface area contributed by atoms with E-state index in [1.807, 2.05) is 13.3 Å². The van der Waals surface area contributed by atoms with Crippen LogP contribution >= 0.6 is 11.8 Å². The molecule has 2 aromatic rings. The lowest BCUT2D eigenvalue weighted by atomic mass is 10.1. The number of hydrogen-bond acceptors (Lipinski definition) is 5. The van der Waals surface area contributed by atoms with Gasteiger partial charge in [0.05, 0.1) is 24.5 Å². The first kappa shape index (κ1) is 21.0. The predicted octanol–water partition coefficient (Wildman–Crippen LogP) is 4.91. The molecule has 1 unspecified atom stereocenters. The highest BCUT2D eigenvalue weighted by Crippen LogP contribution is 2.28. The number of imidazole rings is 1. The van der Waals surface area contributed by atoms with Crippen molar-refractivity contribution in [3.63, 3.8) is 0 Å². The number of anilines is 1. The van der Waals surface area contributed by atoms with Crippen LogP contribution in [-0.2, 0) is 4.74 Å². The first-order valence-corrected chi connectivity index (χ1v) is 10.9. The van der Waals surface area contributed by atoms with Gasteiger partial charge in [-0.15, -0.1) is 0 Å². The second kappa shape index (κ2) is 10.8. The fourth-order valence-corrected chi connectivity index (χ4v) is 4.40. The molecule has 6 heteroatoms. The van der Waals surface area contributed by atoms with E-state index < -0.39 is 0 Å². The number of nitrogens with zero attached hydrogens (tertiary/aromatic N) is 3. The van der Waals surface area contributed by atoms with Gasteiger partial charge in [-0.2, -0.15) is 11.8 Å². The number of pyridine rings is 1. The molecular weight excluding hydrogens is 344 g/mol. The number of methoxy groups -OCH3 is 1. The predicted molar refractivity (Wildman–Crippen MR) is 113 cm³/mol. The Bertz CT molecular complexity index is 686. The third-order valence-electron chi connectivity index (χ3n) is 4.94. The Morgan fingerprint density at radius 1 is 1.19 bits per heavy atom. The Balaban J connectivity index is 1.98. The summed E-state index contributed by atoms with van der Waals surface area (Å²) < 4.78 is 7.75. The average molecular weight is 379 g/mol. The molecule has 0 amide bonds. The van der Waals surface area contributed by atoms with Crippen molar-refractivity contribution in [1.29, 1.82) is 0 Å². The fourth-order valence-electron chi connectivity index (χ4n) is 3.29. The molecule has 0 saturated carbocycles. The maximum absolute atomic E-state index is 6.08. The summed E-state index contributed by atoms with van der Waals surface area (Å²) in [4.78, 5) is 8.93. The molecule has 0 spiro atoms. The number of nitrogen functional groups attached to an aromatic ring is 1. The van der Waals surface area contributed by atoms with Gasteiger partial charge in [0.1, 0.15) is 5.52 Å². The van der Waals surface area contributed by atoms with E-state index in [1.54, 1.807) is 7.11 Å². The molecule has 5 nitrogen and oxygen atoms in total. The molecule has 0 radical (unpaired) electrons. The van der Waals surface area contributed by atoms with Crippen LogP contribution in [0.4, 0.5) is 5.82 Å². The molecule has 2 aromatic heterocycles. The fraction of sp³-hybridized carbons (Fsp3) is 0.700. The first-order valence-electron chi connectivity index (χ1n) is 9.76. The molecular formula is C20H34N4OS. The smallest absolute Gasteiger partial charge is 0.151 e. The number of aryl methyl sites for hydroxylation is 2. The third kappa shape index (κ3) is 5.36. The highest BCUT2D eigenvalue weighted by molar-refractivity contribution is 7.99. The van der Waals surface area contributed by atoms with Crippen molar-refractivity contribution in [2.45, 2.75) is 65.3 Å². The molecule has 0 aliphatic heterocycles. The number of unbranched alkanes of at least 4 members (excludes halogenated alkanes) is 3. The quantitative estimate of drug-likeness (QED) is 0.531. The standard InChI is InChI=1S/C20H34N4OS/c1-5-6-11-26-12-9-7-8-10-17(13-25-4)24-14-22-18-19(24)15(2)16(3)23-20(18)21/h14,17H,5-13H2,1-4H3,(H2,21,23). The number of fused-ring (bicyclic) bond motifs is 1. The van der Waals surface area contributed by atoms with Crippen molar-refractivity contribution in [3.8, 4) is 0 Å². The summed E-state index contributed by atoms with van der Waals surface area (Å²) in [5, 5.41) is 0. The third-order valence-corrected chi connectivity index (χ3v) is 6.10. The number of ether oxygens (including phenoxy) is 1. The lowest BCUT2D eigenvalue weighted by Crippen LogP contribution is -2.15. The molecule has 0 aromatic carbocycles. The Hall–Kier alpha value is -1.27. The summed E-state index contributed by atoms with van der Waals surface area (Å²) in [5.74, 6) is 3.10. The summed E-state index contributed by atoms with van der Waals surface area (Å²) in [7, 11) is 1.77. The van der Waals surface area contributed by atoms with Crippen LogP contribution in [-0.4, -0.2) is 39.8 Å². The second-order valence-corrected chi connectivity index (χ2v) is 8.21. The Morgan fingerprint density at radius 3 is 2.69 bits per heavy atom. The maximum Gasteiger partial charge on any atom is 0.151 e. The van der Waals surface area contributed by atoms with Crippen molar-refractivity contribution >= 4 is 28.6 Å². The van der Waals surface area contributed by atoms with Gasteiger partial charge < -0.3 is 15.0 Å². The maximum atomic E-state index is 6.08. The average Bonchev–Trinajstić information content (AvgIpc) is 3.06. The van der Waals surface area contributed by atoms with E-state index in [4.69, 9.17) is 10.5 Å². The zero-order valence-corrected chi connectivity index (χ0v) is 17.6. The summed E-state index contributed by atoms with van der Waals surface area (Å²) in [6, 6.07) is 0.289. The van der Waals surface area contributed by atoms with Gasteiger partial charge >= 0.3 is 0 Å². The zero-order valence-electron chi connectivity index (χ0n) is 16.8. The van der Waals surface area contributed by atoms with Crippen LogP contribution in [0.5, 0.6) is 0 Å². The minimum Gasteiger partial charge on any atom is -0.383 e. The van der Waals surface area contributed by atoms with Crippen LogP contribution in [0, 0.1) is 13.8 Å². The van der Waals surface area contributed by atoms with E-state index in [-0.39, 0.29) is 6.04 Å². The first-order chi connectivity index (χ1) is 12.6. The van der Waals surface area contributed by atoms with E-state index >= 15 is 0 Å². The SMILES string of the molecule is CCCCSCCCCCC(COC)n1cnc2c(N)nc(C)c(C)c21. The molecule has 0 fully saturated rings. The van der Waals surface area contributed by atoms with Gasteiger partial charge in [0.2, 0.25) is 0 Å². The van der Waals surface area contributed by atoms with E-state index in [2.05, 4.69) is 40.1 Å². The van der Waals surface area contributed by atoms with Crippen molar-refractivity contribution < 1.29 is 4.74 Å². The van der Waals surface area contributed by atoms with Gasteiger partial charge in [-0.3, -0.25) is 0 Å². The highest BCUT2D eigenvalue weighted by Gasteiger charge is 2.18. The lowest BCUT2D eigenvalue weighted by Gasteiger charge is -2.20. The molecule has 2 heterocycles. The van der Waals surface area contributed by atoms with Gasteiger partial charge in [-0.25, -0.2) is 9.97 Å².